The molecule has 0 aromatic carbocycles. The van der Waals surface area contributed by atoms with Crippen LogP contribution < -0.4 is 11.1 Å². The van der Waals surface area contributed by atoms with Crippen molar-refractivity contribution in [1.82, 2.24) is 9.97 Å². The molecular formula is C10H18N4. The normalized spacial score (nSPS) is 12.9. The van der Waals surface area contributed by atoms with Crippen molar-refractivity contribution in [3.63, 3.8) is 0 Å². The summed E-state index contributed by atoms with van der Waals surface area (Å²) in [5, 5.41) is 3.06. The molecule has 0 saturated heterocycles. The Bertz CT molecular complexity index is 266. The van der Waals surface area contributed by atoms with Gasteiger partial charge in [0.2, 0.25) is 5.95 Å². The molecule has 0 fully saturated rings. The van der Waals surface area contributed by atoms with E-state index >= 15 is 0 Å². The maximum Gasteiger partial charge on any atom is 0.222 e. The average molecular weight is 194 g/mol. The zero-order valence-corrected chi connectivity index (χ0v) is 8.99. The maximum atomic E-state index is 5.60. The summed E-state index contributed by atoms with van der Waals surface area (Å²) in [5.74, 6) is 1.11. The van der Waals surface area contributed by atoms with Gasteiger partial charge in [0.05, 0.1) is 0 Å². The number of hydrogen-bond acceptors (Lipinski definition) is 4. The highest BCUT2D eigenvalue weighted by atomic mass is 15.1. The molecule has 0 radical (unpaired) electrons. The summed E-state index contributed by atoms with van der Waals surface area (Å²) in [5.41, 5.74) is 6.75. The SMILES string of the molecule is CC(N)CNc1ncc(C(C)C)cn1. The Balaban J connectivity index is 2.55. The molecule has 1 rings (SSSR count). The Morgan fingerprint density at radius 2 is 1.86 bits per heavy atom. The summed E-state index contributed by atoms with van der Waals surface area (Å²) in [4.78, 5) is 8.39. The fourth-order valence-electron chi connectivity index (χ4n) is 0.980. The number of rotatable bonds is 4. The largest absolute Gasteiger partial charge is 0.353 e. The number of nitrogens with two attached hydrogens (primary N) is 1. The van der Waals surface area contributed by atoms with Crippen LogP contribution in [0.4, 0.5) is 5.95 Å². The Labute approximate surface area is 85.0 Å². The molecule has 3 N–H and O–H groups in total. The molecule has 0 aliphatic carbocycles. The van der Waals surface area contributed by atoms with Crippen LogP contribution in [0.15, 0.2) is 12.4 Å². The van der Waals surface area contributed by atoms with Crippen LogP contribution in [0.1, 0.15) is 32.3 Å². The lowest BCUT2D eigenvalue weighted by molar-refractivity contribution is 0.771. The van der Waals surface area contributed by atoms with Crippen molar-refractivity contribution in [3.05, 3.63) is 18.0 Å². The molecule has 0 saturated carbocycles. The number of hydrogen-bond donors (Lipinski definition) is 2. The van der Waals surface area contributed by atoms with E-state index in [0.717, 1.165) is 5.56 Å². The minimum atomic E-state index is 0.114. The maximum absolute atomic E-state index is 5.60. The first-order valence-electron chi connectivity index (χ1n) is 4.91. The predicted molar refractivity (Wildman–Crippen MR) is 58.3 cm³/mol. The minimum Gasteiger partial charge on any atom is -0.353 e. The van der Waals surface area contributed by atoms with Crippen molar-refractivity contribution in [2.24, 2.45) is 5.73 Å². The number of nitrogens with zero attached hydrogens (tertiary/aromatic N) is 2. The van der Waals surface area contributed by atoms with Crippen molar-refractivity contribution in [2.45, 2.75) is 32.7 Å². The Kier molecular flexibility index (Phi) is 3.83. The van der Waals surface area contributed by atoms with E-state index in [1.807, 2.05) is 19.3 Å². The topological polar surface area (TPSA) is 63.8 Å². The lowest BCUT2D eigenvalue weighted by atomic mass is 10.1. The van der Waals surface area contributed by atoms with Gasteiger partial charge >= 0.3 is 0 Å². The summed E-state index contributed by atoms with van der Waals surface area (Å²) in [6.45, 7) is 6.87. The van der Waals surface area contributed by atoms with Gasteiger partial charge in [0.25, 0.3) is 0 Å². The third-order valence-electron chi connectivity index (χ3n) is 1.92. The Morgan fingerprint density at radius 1 is 1.29 bits per heavy atom. The van der Waals surface area contributed by atoms with E-state index in [0.29, 0.717) is 18.4 Å². The van der Waals surface area contributed by atoms with Crippen molar-refractivity contribution < 1.29 is 0 Å². The number of anilines is 1. The molecule has 14 heavy (non-hydrogen) atoms. The van der Waals surface area contributed by atoms with E-state index in [-0.39, 0.29) is 6.04 Å². The standard InChI is InChI=1S/C10H18N4/c1-7(2)9-5-13-10(14-6-9)12-4-8(3)11/h5-8H,4,11H2,1-3H3,(H,12,13,14). The first-order chi connectivity index (χ1) is 6.59. The first-order valence-corrected chi connectivity index (χ1v) is 4.91. The van der Waals surface area contributed by atoms with Gasteiger partial charge in [-0.05, 0) is 18.4 Å². The number of aromatic nitrogens is 2. The van der Waals surface area contributed by atoms with Crippen LogP contribution in [0.3, 0.4) is 0 Å². The summed E-state index contributed by atoms with van der Waals surface area (Å²) < 4.78 is 0. The summed E-state index contributed by atoms with van der Waals surface area (Å²) >= 11 is 0. The highest BCUT2D eigenvalue weighted by Crippen LogP contribution is 2.11. The smallest absolute Gasteiger partial charge is 0.222 e. The molecule has 1 heterocycles. The van der Waals surface area contributed by atoms with E-state index in [9.17, 15) is 0 Å². The summed E-state index contributed by atoms with van der Waals surface area (Å²) in [7, 11) is 0. The van der Waals surface area contributed by atoms with Gasteiger partial charge < -0.3 is 11.1 Å². The third kappa shape index (κ3) is 3.30. The van der Waals surface area contributed by atoms with E-state index in [1.165, 1.54) is 0 Å². The van der Waals surface area contributed by atoms with Crippen molar-refractivity contribution >= 4 is 5.95 Å². The molecule has 1 atom stereocenters. The van der Waals surface area contributed by atoms with Crippen LogP contribution in [0.25, 0.3) is 0 Å². The zero-order chi connectivity index (χ0) is 10.6. The van der Waals surface area contributed by atoms with Gasteiger partial charge in [0.15, 0.2) is 0 Å². The fourth-order valence-corrected chi connectivity index (χ4v) is 0.980. The molecule has 1 unspecified atom stereocenters. The van der Waals surface area contributed by atoms with E-state index in [1.54, 1.807) is 0 Å². The molecule has 4 heteroatoms. The van der Waals surface area contributed by atoms with Crippen molar-refractivity contribution in [2.75, 3.05) is 11.9 Å². The Hall–Kier alpha value is -1.16. The van der Waals surface area contributed by atoms with Gasteiger partial charge in [-0.2, -0.15) is 0 Å². The van der Waals surface area contributed by atoms with Crippen molar-refractivity contribution in [3.8, 4) is 0 Å². The minimum absolute atomic E-state index is 0.114. The second-order valence-corrected chi connectivity index (χ2v) is 3.85. The van der Waals surface area contributed by atoms with E-state index in [2.05, 4.69) is 29.1 Å². The molecule has 0 aliphatic rings. The summed E-state index contributed by atoms with van der Waals surface area (Å²) in [6.07, 6.45) is 3.70. The van der Waals surface area contributed by atoms with Gasteiger partial charge in [0.1, 0.15) is 0 Å². The highest BCUT2D eigenvalue weighted by Gasteiger charge is 2.01. The zero-order valence-electron chi connectivity index (χ0n) is 8.99. The predicted octanol–water partition coefficient (Wildman–Crippen LogP) is 1.36. The van der Waals surface area contributed by atoms with E-state index in [4.69, 9.17) is 5.73 Å². The van der Waals surface area contributed by atoms with Crippen LogP contribution in [0.5, 0.6) is 0 Å². The van der Waals surface area contributed by atoms with Gasteiger partial charge in [0, 0.05) is 25.0 Å². The quantitative estimate of drug-likeness (QED) is 0.759. The van der Waals surface area contributed by atoms with E-state index < -0.39 is 0 Å². The lowest BCUT2D eigenvalue weighted by Crippen LogP contribution is -2.25. The second-order valence-electron chi connectivity index (χ2n) is 3.85. The van der Waals surface area contributed by atoms with Gasteiger partial charge in [-0.1, -0.05) is 13.8 Å². The molecule has 0 spiro atoms. The lowest BCUT2D eigenvalue weighted by Gasteiger charge is -2.08. The van der Waals surface area contributed by atoms with Crippen LogP contribution >= 0.6 is 0 Å². The molecule has 4 nitrogen and oxygen atoms in total. The molecular weight excluding hydrogens is 176 g/mol. The molecule has 1 aromatic rings. The van der Waals surface area contributed by atoms with Crippen molar-refractivity contribution in [1.29, 1.82) is 0 Å². The highest BCUT2D eigenvalue weighted by molar-refractivity contribution is 5.25. The molecule has 1 aromatic heterocycles. The molecule has 0 amide bonds. The van der Waals surface area contributed by atoms with Crippen LogP contribution in [0.2, 0.25) is 0 Å². The van der Waals surface area contributed by atoms with Gasteiger partial charge in [-0.25, -0.2) is 9.97 Å². The summed E-state index contributed by atoms with van der Waals surface area (Å²) in [6, 6.07) is 0.114. The number of nitrogens with one attached hydrogen (secondary N) is 1. The first kappa shape index (κ1) is 10.9. The van der Waals surface area contributed by atoms with Crippen LogP contribution in [-0.4, -0.2) is 22.6 Å². The molecule has 0 aliphatic heterocycles. The molecule has 0 bridgehead atoms. The second kappa shape index (κ2) is 4.91. The molecule has 78 valence electrons. The Morgan fingerprint density at radius 3 is 2.29 bits per heavy atom. The fraction of sp³-hybridized carbons (Fsp3) is 0.600. The van der Waals surface area contributed by atoms with Crippen LogP contribution in [0, 0.1) is 0 Å². The third-order valence-corrected chi connectivity index (χ3v) is 1.92. The van der Waals surface area contributed by atoms with Crippen LogP contribution in [-0.2, 0) is 0 Å². The van der Waals surface area contributed by atoms with Gasteiger partial charge in [-0.3, -0.25) is 0 Å². The average Bonchev–Trinajstić information content (AvgIpc) is 2.15. The van der Waals surface area contributed by atoms with Gasteiger partial charge in [-0.15, -0.1) is 0 Å². The monoisotopic (exact) mass is 194 g/mol.